The first-order valence-corrected chi connectivity index (χ1v) is 9.74. The van der Waals surface area contributed by atoms with Crippen LogP contribution in [-0.2, 0) is 4.79 Å². The summed E-state index contributed by atoms with van der Waals surface area (Å²) in [7, 11) is 0. The molecule has 1 amide bonds. The summed E-state index contributed by atoms with van der Waals surface area (Å²) in [5.41, 5.74) is 1.64. The summed E-state index contributed by atoms with van der Waals surface area (Å²) in [6.45, 7) is 5.22. The van der Waals surface area contributed by atoms with Crippen molar-refractivity contribution in [3.05, 3.63) is 59.0 Å². The van der Waals surface area contributed by atoms with Crippen molar-refractivity contribution < 1.29 is 14.6 Å². The number of phenols is 1. The number of aromatic hydroxyl groups is 1. The summed E-state index contributed by atoms with van der Waals surface area (Å²) in [5.74, 6) is 0.961. The average molecular weight is 382 g/mol. The van der Waals surface area contributed by atoms with Crippen molar-refractivity contribution in [2.75, 3.05) is 13.2 Å². The number of carbonyl (C=O) groups excluding carboxylic acids is 1. The number of nitrogens with zero attached hydrogens (tertiary/aromatic N) is 2. The van der Waals surface area contributed by atoms with Gasteiger partial charge in [-0.05, 0) is 73.1 Å². The lowest BCUT2D eigenvalue weighted by atomic mass is 10.2. The minimum atomic E-state index is -0.0420. The molecule has 0 aromatic heterocycles. The second kappa shape index (κ2) is 8.77. The normalized spacial score (nSPS) is 17.1. The second-order valence-electron chi connectivity index (χ2n) is 5.98. The van der Waals surface area contributed by atoms with E-state index in [1.807, 2.05) is 44.2 Å². The number of amides is 1. The van der Waals surface area contributed by atoms with Gasteiger partial charge < -0.3 is 9.84 Å². The van der Waals surface area contributed by atoms with Gasteiger partial charge in [0.15, 0.2) is 5.17 Å². The Kier molecular flexibility index (Phi) is 6.19. The van der Waals surface area contributed by atoms with E-state index >= 15 is 0 Å². The molecule has 3 rings (SSSR count). The van der Waals surface area contributed by atoms with E-state index < -0.39 is 0 Å². The highest BCUT2D eigenvalue weighted by molar-refractivity contribution is 8.18. The van der Waals surface area contributed by atoms with Crippen LogP contribution in [0.2, 0.25) is 0 Å². The topological polar surface area (TPSA) is 62.1 Å². The van der Waals surface area contributed by atoms with Gasteiger partial charge in [0, 0.05) is 6.54 Å². The van der Waals surface area contributed by atoms with Crippen LogP contribution in [0.25, 0.3) is 6.08 Å². The lowest BCUT2D eigenvalue weighted by Crippen LogP contribution is -2.29. The second-order valence-corrected chi connectivity index (χ2v) is 6.99. The lowest BCUT2D eigenvalue weighted by molar-refractivity contribution is -0.122. The largest absolute Gasteiger partial charge is 0.508 e. The highest BCUT2D eigenvalue weighted by Crippen LogP contribution is 2.34. The van der Waals surface area contributed by atoms with Crippen LogP contribution >= 0.6 is 11.8 Å². The Morgan fingerprint density at radius 2 is 1.81 bits per heavy atom. The molecule has 2 aromatic carbocycles. The monoisotopic (exact) mass is 382 g/mol. The van der Waals surface area contributed by atoms with E-state index in [4.69, 9.17) is 4.74 Å². The number of benzene rings is 2. The quantitative estimate of drug-likeness (QED) is 0.729. The maximum atomic E-state index is 12.8. The molecule has 1 fully saturated rings. The zero-order valence-corrected chi connectivity index (χ0v) is 16.2. The molecule has 0 unspecified atom stereocenters. The zero-order chi connectivity index (χ0) is 19.2. The molecule has 6 heteroatoms. The molecular weight excluding hydrogens is 360 g/mol. The summed E-state index contributed by atoms with van der Waals surface area (Å²) >= 11 is 1.37. The predicted octanol–water partition coefficient (Wildman–Crippen LogP) is 4.80. The van der Waals surface area contributed by atoms with Crippen LogP contribution in [-0.4, -0.2) is 34.2 Å². The van der Waals surface area contributed by atoms with E-state index in [0.29, 0.717) is 23.2 Å². The van der Waals surface area contributed by atoms with Crippen LogP contribution in [0.3, 0.4) is 0 Å². The van der Waals surface area contributed by atoms with Crippen LogP contribution in [0.15, 0.2) is 58.4 Å². The molecule has 0 atom stereocenters. The van der Waals surface area contributed by atoms with E-state index in [9.17, 15) is 9.90 Å². The van der Waals surface area contributed by atoms with Gasteiger partial charge in [-0.2, -0.15) is 0 Å². The first-order chi connectivity index (χ1) is 13.1. The Morgan fingerprint density at radius 1 is 1.11 bits per heavy atom. The number of ether oxygens (including phenoxy) is 1. The SMILES string of the molecule is CCCN1C(=O)/C(=C/c2ccc(O)cc2)SC1=Nc1ccc(OCC)cc1. The number of thioether (sulfide) groups is 1. The van der Waals surface area contributed by atoms with Crippen molar-refractivity contribution in [1.29, 1.82) is 0 Å². The average Bonchev–Trinajstić information content (AvgIpc) is 2.95. The van der Waals surface area contributed by atoms with Crippen molar-refractivity contribution in [3.63, 3.8) is 0 Å². The Balaban J connectivity index is 1.87. The number of phenolic OH excluding ortho intramolecular Hbond substituents is 1. The number of hydrogen-bond donors (Lipinski definition) is 1. The molecule has 5 nitrogen and oxygen atoms in total. The Bertz CT molecular complexity index is 858. The molecule has 1 aliphatic rings. The van der Waals surface area contributed by atoms with E-state index in [1.54, 1.807) is 29.2 Å². The van der Waals surface area contributed by atoms with Gasteiger partial charge in [-0.15, -0.1) is 0 Å². The fourth-order valence-corrected chi connectivity index (χ4v) is 3.65. The number of hydrogen-bond acceptors (Lipinski definition) is 5. The smallest absolute Gasteiger partial charge is 0.266 e. The van der Waals surface area contributed by atoms with Gasteiger partial charge in [-0.3, -0.25) is 9.69 Å². The van der Waals surface area contributed by atoms with Crippen molar-refractivity contribution in [2.45, 2.75) is 20.3 Å². The highest BCUT2D eigenvalue weighted by Gasteiger charge is 2.32. The molecule has 2 aromatic rings. The maximum absolute atomic E-state index is 12.8. The highest BCUT2D eigenvalue weighted by atomic mass is 32.2. The summed E-state index contributed by atoms with van der Waals surface area (Å²) in [6.07, 6.45) is 2.68. The molecule has 27 heavy (non-hydrogen) atoms. The molecule has 0 aliphatic carbocycles. The van der Waals surface area contributed by atoms with E-state index in [0.717, 1.165) is 23.4 Å². The third-order valence-corrected chi connectivity index (χ3v) is 4.91. The molecule has 1 saturated heterocycles. The lowest BCUT2D eigenvalue weighted by Gasteiger charge is -2.14. The molecule has 0 radical (unpaired) electrons. The molecule has 0 spiro atoms. The van der Waals surface area contributed by atoms with Crippen molar-refractivity contribution in [3.8, 4) is 11.5 Å². The first kappa shape index (κ1) is 19.0. The number of amidine groups is 1. The van der Waals surface area contributed by atoms with E-state index in [2.05, 4.69) is 4.99 Å². The van der Waals surface area contributed by atoms with Crippen molar-refractivity contribution in [2.24, 2.45) is 4.99 Å². The molecule has 0 saturated carbocycles. The van der Waals surface area contributed by atoms with E-state index in [-0.39, 0.29) is 11.7 Å². The fraction of sp³-hybridized carbons (Fsp3) is 0.238. The van der Waals surface area contributed by atoms with Gasteiger partial charge in [0.1, 0.15) is 11.5 Å². The van der Waals surface area contributed by atoms with E-state index in [1.165, 1.54) is 11.8 Å². The Hall–Kier alpha value is -2.73. The maximum Gasteiger partial charge on any atom is 0.266 e. The summed E-state index contributed by atoms with van der Waals surface area (Å²) in [5, 5.41) is 10.1. The Labute approximate surface area is 163 Å². The Morgan fingerprint density at radius 3 is 2.44 bits per heavy atom. The fourth-order valence-electron chi connectivity index (χ4n) is 2.63. The molecule has 1 heterocycles. The molecular formula is C21H22N2O3S. The standard InChI is InChI=1S/C21H22N2O3S/c1-3-13-23-20(25)19(14-15-5-9-17(24)10-6-15)27-21(23)22-16-7-11-18(12-8-16)26-4-2/h5-12,14,24H,3-4,13H2,1-2H3/b19-14-,22-21?. The summed E-state index contributed by atoms with van der Waals surface area (Å²) < 4.78 is 5.45. The third kappa shape index (κ3) is 4.71. The summed E-state index contributed by atoms with van der Waals surface area (Å²) in [4.78, 5) is 19.8. The molecule has 1 aliphatic heterocycles. The van der Waals surface area contributed by atoms with Crippen LogP contribution in [0.4, 0.5) is 5.69 Å². The van der Waals surface area contributed by atoms with Gasteiger partial charge in [0.05, 0.1) is 17.2 Å². The van der Waals surface area contributed by atoms with Gasteiger partial charge in [-0.25, -0.2) is 4.99 Å². The van der Waals surface area contributed by atoms with Crippen molar-refractivity contribution in [1.82, 2.24) is 4.90 Å². The first-order valence-electron chi connectivity index (χ1n) is 8.92. The summed E-state index contributed by atoms with van der Waals surface area (Å²) in [6, 6.07) is 14.3. The van der Waals surface area contributed by atoms with Crippen molar-refractivity contribution >= 4 is 34.6 Å². The van der Waals surface area contributed by atoms with Gasteiger partial charge in [0.2, 0.25) is 0 Å². The predicted molar refractivity (Wildman–Crippen MR) is 110 cm³/mol. The van der Waals surface area contributed by atoms with Gasteiger partial charge in [-0.1, -0.05) is 19.1 Å². The molecule has 0 bridgehead atoms. The van der Waals surface area contributed by atoms with Crippen LogP contribution < -0.4 is 4.74 Å². The third-order valence-electron chi connectivity index (χ3n) is 3.90. The number of rotatable bonds is 6. The number of aliphatic imine (C=N–C) groups is 1. The van der Waals surface area contributed by atoms with Gasteiger partial charge in [0.25, 0.3) is 5.91 Å². The van der Waals surface area contributed by atoms with Crippen LogP contribution in [0.1, 0.15) is 25.8 Å². The van der Waals surface area contributed by atoms with Gasteiger partial charge >= 0.3 is 0 Å². The minimum absolute atomic E-state index is 0.0420. The molecule has 1 N–H and O–H groups in total. The zero-order valence-electron chi connectivity index (χ0n) is 15.4. The van der Waals surface area contributed by atoms with Crippen LogP contribution in [0.5, 0.6) is 11.5 Å². The number of carbonyl (C=O) groups is 1. The molecule has 140 valence electrons. The minimum Gasteiger partial charge on any atom is -0.508 e. The van der Waals surface area contributed by atoms with Crippen LogP contribution in [0, 0.1) is 0 Å².